The maximum absolute atomic E-state index is 12.5. The first-order valence-corrected chi connectivity index (χ1v) is 7.26. The van der Waals surface area contributed by atoms with E-state index in [4.69, 9.17) is 11.6 Å². The topological polar surface area (TPSA) is 38.7 Å². The van der Waals surface area contributed by atoms with Gasteiger partial charge in [-0.2, -0.15) is 13.2 Å². The van der Waals surface area contributed by atoms with Crippen molar-refractivity contribution in [1.82, 2.24) is 15.2 Å². The second-order valence-corrected chi connectivity index (χ2v) is 5.66. The standard InChI is InChI=1S/C14H7ClF3N3S/c15-11-10(2-1-7-19-11)13-21-20-12(22-13)8-3-5-9(6-4-8)14(16,17)18/h1-7H. The van der Waals surface area contributed by atoms with Crippen LogP contribution in [0.4, 0.5) is 13.2 Å². The molecule has 0 atom stereocenters. The Hall–Kier alpha value is -1.99. The molecule has 2 aromatic heterocycles. The van der Waals surface area contributed by atoms with Gasteiger partial charge in [0.25, 0.3) is 0 Å². The summed E-state index contributed by atoms with van der Waals surface area (Å²) in [6.07, 6.45) is -2.79. The van der Waals surface area contributed by atoms with E-state index in [0.717, 1.165) is 12.1 Å². The van der Waals surface area contributed by atoms with E-state index in [2.05, 4.69) is 15.2 Å². The van der Waals surface area contributed by atoms with Gasteiger partial charge in [0.2, 0.25) is 0 Å². The number of nitrogens with zero attached hydrogens (tertiary/aromatic N) is 3. The molecule has 0 bridgehead atoms. The van der Waals surface area contributed by atoms with Crippen molar-refractivity contribution in [2.75, 3.05) is 0 Å². The molecule has 3 aromatic rings. The monoisotopic (exact) mass is 341 g/mol. The summed E-state index contributed by atoms with van der Waals surface area (Å²) < 4.78 is 37.6. The van der Waals surface area contributed by atoms with Gasteiger partial charge in [0, 0.05) is 17.3 Å². The summed E-state index contributed by atoms with van der Waals surface area (Å²) in [6, 6.07) is 8.27. The first-order chi connectivity index (χ1) is 10.4. The van der Waals surface area contributed by atoms with Crippen LogP contribution in [0.1, 0.15) is 5.56 Å². The Morgan fingerprint density at radius 2 is 1.64 bits per heavy atom. The SMILES string of the molecule is FC(F)(F)c1ccc(-c2nnc(-c3cccnc3Cl)s2)cc1. The van der Waals surface area contributed by atoms with Gasteiger partial charge in [-0.1, -0.05) is 35.1 Å². The summed E-state index contributed by atoms with van der Waals surface area (Å²) in [4.78, 5) is 3.96. The predicted octanol–water partition coefficient (Wildman–Crippen LogP) is 4.94. The van der Waals surface area contributed by atoms with Crippen LogP contribution in [0.3, 0.4) is 0 Å². The molecule has 0 aliphatic heterocycles. The second kappa shape index (κ2) is 5.66. The van der Waals surface area contributed by atoms with Gasteiger partial charge in [-0.25, -0.2) is 4.98 Å². The first-order valence-electron chi connectivity index (χ1n) is 6.07. The summed E-state index contributed by atoms with van der Waals surface area (Å²) >= 11 is 7.23. The maximum atomic E-state index is 12.5. The number of pyridine rings is 1. The van der Waals surface area contributed by atoms with Crippen LogP contribution < -0.4 is 0 Å². The quantitative estimate of drug-likeness (QED) is 0.620. The van der Waals surface area contributed by atoms with Crippen LogP contribution in [-0.2, 0) is 6.18 Å². The highest BCUT2D eigenvalue weighted by Crippen LogP contribution is 2.34. The Kier molecular flexibility index (Phi) is 3.84. The number of alkyl halides is 3. The number of hydrogen-bond donors (Lipinski definition) is 0. The van der Waals surface area contributed by atoms with Gasteiger partial charge in [-0.3, -0.25) is 0 Å². The zero-order valence-electron chi connectivity index (χ0n) is 10.8. The van der Waals surface area contributed by atoms with Crippen LogP contribution in [-0.4, -0.2) is 15.2 Å². The molecule has 1 aromatic carbocycles. The fourth-order valence-corrected chi connectivity index (χ4v) is 2.94. The van der Waals surface area contributed by atoms with Crippen molar-refractivity contribution in [3.05, 3.63) is 53.3 Å². The third-order valence-electron chi connectivity index (χ3n) is 2.87. The number of rotatable bonds is 2. The highest BCUT2D eigenvalue weighted by molar-refractivity contribution is 7.18. The highest BCUT2D eigenvalue weighted by Gasteiger charge is 2.30. The van der Waals surface area contributed by atoms with E-state index in [-0.39, 0.29) is 0 Å². The Morgan fingerprint density at radius 1 is 0.955 bits per heavy atom. The van der Waals surface area contributed by atoms with Crippen molar-refractivity contribution < 1.29 is 13.2 Å². The molecule has 0 spiro atoms. The highest BCUT2D eigenvalue weighted by atomic mass is 35.5. The van der Waals surface area contributed by atoms with Gasteiger partial charge in [-0.05, 0) is 24.3 Å². The molecule has 112 valence electrons. The van der Waals surface area contributed by atoms with E-state index in [1.807, 2.05) is 0 Å². The van der Waals surface area contributed by atoms with Crippen LogP contribution in [0.25, 0.3) is 21.1 Å². The molecular weight excluding hydrogens is 335 g/mol. The molecule has 0 saturated heterocycles. The summed E-state index contributed by atoms with van der Waals surface area (Å²) in [6.45, 7) is 0. The van der Waals surface area contributed by atoms with Gasteiger partial charge in [-0.15, -0.1) is 10.2 Å². The number of halogens is 4. The molecule has 0 aliphatic rings. The average Bonchev–Trinajstić information content (AvgIpc) is 2.96. The summed E-state index contributed by atoms with van der Waals surface area (Å²) in [5, 5.41) is 9.40. The lowest BCUT2D eigenvalue weighted by molar-refractivity contribution is -0.137. The summed E-state index contributed by atoms with van der Waals surface area (Å²) in [5.74, 6) is 0. The lowest BCUT2D eigenvalue weighted by Crippen LogP contribution is -2.03. The fourth-order valence-electron chi connectivity index (χ4n) is 1.80. The molecule has 0 amide bonds. The Bertz CT molecular complexity index is 800. The van der Waals surface area contributed by atoms with Crippen LogP contribution in [0, 0.1) is 0 Å². The summed E-state index contributed by atoms with van der Waals surface area (Å²) in [7, 11) is 0. The lowest BCUT2D eigenvalue weighted by atomic mass is 10.1. The number of hydrogen-bond acceptors (Lipinski definition) is 4. The van der Waals surface area contributed by atoms with Gasteiger partial charge in [0.15, 0.2) is 5.01 Å². The van der Waals surface area contributed by atoms with Gasteiger partial charge < -0.3 is 0 Å². The molecule has 2 heterocycles. The maximum Gasteiger partial charge on any atom is 0.416 e. The van der Waals surface area contributed by atoms with Crippen molar-refractivity contribution in [1.29, 1.82) is 0 Å². The average molecular weight is 342 g/mol. The number of benzene rings is 1. The predicted molar refractivity (Wildman–Crippen MR) is 78.6 cm³/mol. The van der Waals surface area contributed by atoms with E-state index < -0.39 is 11.7 Å². The molecule has 0 radical (unpaired) electrons. The molecule has 0 unspecified atom stereocenters. The normalized spacial score (nSPS) is 11.6. The molecular formula is C14H7ClF3N3S. The van der Waals surface area contributed by atoms with Gasteiger partial charge in [0.05, 0.1) is 5.56 Å². The van der Waals surface area contributed by atoms with Crippen molar-refractivity contribution in [3.63, 3.8) is 0 Å². The Balaban J connectivity index is 1.93. The Labute approximate surface area is 132 Å². The van der Waals surface area contributed by atoms with Crippen molar-refractivity contribution in [2.45, 2.75) is 6.18 Å². The number of aromatic nitrogens is 3. The van der Waals surface area contributed by atoms with Crippen LogP contribution in [0.15, 0.2) is 42.6 Å². The van der Waals surface area contributed by atoms with Crippen molar-refractivity contribution in [2.24, 2.45) is 0 Å². The largest absolute Gasteiger partial charge is 0.416 e. The fraction of sp³-hybridized carbons (Fsp3) is 0.0714. The van der Waals surface area contributed by atoms with E-state index in [1.54, 1.807) is 18.3 Å². The van der Waals surface area contributed by atoms with Gasteiger partial charge in [0.1, 0.15) is 10.2 Å². The van der Waals surface area contributed by atoms with E-state index >= 15 is 0 Å². The minimum atomic E-state index is -4.35. The van der Waals surface area contributed by atoms with E-state index in [0.29, 0.717) is 26.3 Å². The van der Waals surface area contributed by atoms with Crippen LogP contribution in [0.5, 0.6) is 0 Å². The third-order valence-corrected chi connectivity index (χ3v) is 4.18. The lowest BCUT2D eigenvalue weighted by Gasteiger charge is -2.06. The Morgan fingerprint density at radius 3 is 2.27 bits per heavy atom. The molecule has 0 aliphatic carbocycles. The van der Waals surface area contributed by atoms with Crippen LogP contribution in [0.2, 0.25) is 5.15 Å². The minimum absolute atomic E-state index is 0.303. The molecule has 22 heavy (non-hydrogen) atoms. The molecule has 0 N–H and O–H groups in total. The smallest absolute Gasteiger partial charge is 0.244 e. The third kappa shape index (κ3) is 2.95. The first kappa shape index (κ1) is 14.9. The minimum Gasteiger partial charge on any atom is -0.244 e. The molecule has 8 heteroatoms. The molecule has 0 fully saturated rings. The van der Waals surface area contributed by atoms with E-state index in [1.165, 1.54) is 23.5 Å². The van der Waals surface area contributed by atoms with E-state index in [9.17, 15) is 13.2 Å². The molecule has 3 rings (SSSR count). The van der Waals surface area contributed by atoms with Crippen molar-refractivity contribution in [3.8, 4) is 21.1 Å². The zero-order valence-corrected chi connectivity index (χ0v) is 12.4. The van der Waals surface area contributed by atoms with Crippen molar-refractivity contribution >= 4 is 22.9 Å². The molecule has 3 nitrogen and oxygen atoms in total. The molecule has 0 saturated carbocycles. The second-order valence-electron chi connectivity index (χ2n) is 4.33. The van der Waals surface area contributed by atoms with Gasteiger partial charge >= 0.3 is 6.18 Å². The van der Waals surface area contributed by atoms with Crippen LogP contribution >= 0.6 is 22.9 Å². The zero-order chi connectivity index (χ0) is 15.7. The summed E-state index contributed by atoms with van der Waals surface area (Å²) in [5.41, 5.74) is 0.507.